The molecule has 0 heteroatoms. The predicted octanol–water partition coefficient (Wildman–Crippen LogP) is 17.0. The van der Waals surface area contributed by atoms with Crippen LogP contribution in [-0.4, -0.2) is 0 Å². The minimum Gasteiger partial charge on any atom is -0.0622 e. The summed E-state index contributed by atoms with van der Waals surface area (Å²) in [5.41, 5.74) is 12.2. The number of hydrogen-bond acceptors (Lipinski definition) is 0. The van der Waals surface area contributed by atoms with Crippen LogP contribution in [0.3, 0.4) is 0 Å². The molecule has 0 aliphatic rings. The molecule has 0 aliphatic carbocycles. The average Bonchev–Trinajstić information content (AvgIpc) is 3.32. The quantitative estimate of drug-likeness (QED) is 0.153. The second-order valence-corrected chi connectivity index (χ2v) is 16.4. The van der Waals surface area contributed by atoms with Crippen LogP contribution in [0.1, 0.15) is 0 Å². The minimum atomic E-state index is 1.19. The molecule has 13 aromatic rings. The van der Waals surface area contributed by atoms with Gasteiger partial charge < -0.3 is 0 Å². The van der Waals surface area contributed by atoms with E-state index in [9.17, 15) is 0 Å². The molecule has 0 amide bonds. The van der Waals surface area contributed by atoms with E-state index < -0.39 is 0 Å². The fraction of sp³-hybridized carbons (Fsp3) is 0. The molecule has 60 heavy (non-hydrogen) atoms. The molecule has 13 aromatic carbocycles. The lowest BCUT2D eigenvalue weighted by molar-refractivity contribution is 1.56. The third kappa shape index (κ3) is 4.92. The van der Waals surface area contributed by atoms with Crippen LogP contribution >= 0.6 is 0 Å². The van der Waals surface area contributed by atoms with Crippen LogP contribution in [0, 0.1) is 0 Å². The molecule has 0 atom stereocenters. The highest BCUT2D eigenvalue weighted by atomic mass is 14.2. The number of hydrogen-bond donors (Lipinski definition) is 0. The van der Waals surface area contributed by atoms with Gasteiger partial charge in [0.05, 0.1) is 0 Å². The molecule has 0 saturated heterocycles. The molecule has 0 fully saturated rings. The van der Waals surface area contributed by atoms with E-state index in [-0.39, 0.29) is 0 Å². The van der Waals surface area contributed by atoms with Crippen molar-refractivity contribution >= 4 is 75.4 Å². The Bertz CT molecular complexity index is 3780. The first kappa shape index (κ1) is 33.2. The van der Waals surface area contributed by atoms with Gasteiger partial charge in [-0.1, -0.05) is 206 Å². The Kier molecular flexibility index (Phi) is 7.11. The van der Waals surface area contributed by atoms with Crippen molar-refractivity contribution in [2.75, 3.05) is 0 Å². The van der Waals surface area contributed by atoms with Gasteiger partial charge in [0.25, 0.3) is 0 Å². The summed E-state index contributed by atoms with van der Waals surface area (Å²) in [5, 5.41) is 18.1. The first-order valence-corrected chi connectivity index (χ1v) is 20.9. The Labute approximate surface area is 347 Å². The van der Waals surface area contributed by atoms with E-state index in [1.165, 1.54) is 131 Å². The predicted molar refractivity (Wildman–Crippen MR) is 259 cm³/mol. The van der Waals surface area contributed by atoms with E-state index in [0.29, 0.717) is 0 Å². The smallest absolute Gasteiger partial charge is 0.00206 e. The van der Waals surface area contributed by atoms with Crippen molar-refractivity contribution in [2.24, 2.45) is 0 Å². The van der Waals surface area contributed by atoms with E-state index in [1.807, 2.05) is 0 Å². The zero-order valence-corrected chi connectivity index (χ0v) is 32.8. The van der Waals surface area contributed by atoms with Crippen molar-refractivity contribution in [3.8, 4) is 55.6 Å². The van der Waals surface area contributed by atoms with Crippen molar-refractivity contribution in [2.45, 2.75) is 0 Å². The summed E-state index contributed by atoms with van der Waals surface area (Å²) in [6, 6.07) is 81.6. The highest BCUT2D eigenvalue weighted by molar-refractivity contribution is 6.27. The van der Waals surface area contributed by atoms with Gasteiger partial charge in [0, 0.05) is 0 Å². The third-order valence-corrected chi connectivity index (χ3v) is 13.2. The van der Waals surface area contributed by atoms with Crippen LogP contribution in [0.5, 0.6) is 0 Å². The zero-order valence-electron chi connectivity index (χ0n) is 32.8. The molecule has 0 aliphatic heterocycles. The van der Waals surface area contributed by atoms with E-state index in [2.05, 4.69) is 218 Å². The van der Waals surface area contributed by atoms with E-state index in [0.717, 1.165) is 0 Å². The van der Waals surface area contributed by atoms with Gasteiger partial charge in [-0.25, -0.2) is 0 Å². The maximum atomic E-state index is 2.45. The summed E-state index contributed by atoms with van der Waals surface area (Å²) in [4.78, 5) is 0. The topological polar surface area (TPSA) is 0 Å². The molecule has 0 unspecified atom stereocenters. The Hall–Kier alpha value is -7.80. The van der Waals surface area contributed by atoms with Gasteiger partial charge in [0.15, 0.2) is 0 Å². The summed E-state index contributed by atoms with van der Waals surface area (Å²) in [5.74, 6) is 0. The Morgan fingerprint density at radius 3 is 1.20 bits per heavy atom. The largest absolute Gasteiger partial charge is 0.0622 e. The van der Waals surface area contributed by atoms with Crippen LogP contribution in [0.2, 0.25) is 0 Å². The molecule has 0 N–H and O–H groups in total. The fourth-order valence-electron chi connectivity index (χ4n) is 10.4. The molecule has 0 saturated carbocycles. The first-order chi connectivity index (χ1) is 29.7. The lowest BCUT2D eigenvalue weighted by atomic mass is 9.84. The van der Waals surface area contributed by atoms with E-state index in [1.54, 1.807) is 0 Å². The van der Waals surface area contributed by atoms with Crippen LogP contribution in [0.15, 0.2) is 218 Å². The van der Waals surface area contributed by atoms with Crippen LogP contribution in [-0.2, 0) is 0 Å². The summed E-state index contributed by atoms with van der Waals surface area (Å²) in [7, 11) is 0. The molecule has 0 radical (unpaired) electrons. The second-order valence-electron chi connectivity index (χ2n) is 16.4. The Morgan fingerprint density at radius 2 is 0.567 bits per heavy atom. The van der Waals surface area contributed by atoms with Crippen molar-refractivity contribution in [1.29, 1.82) is 0 Å². The molecule has 13 rings (SSSR count). The molecule has 0 nitrogen and oxygen atoms in total. The summed E-state index contributed by atoms with van der Waals surface area (Å²) >= 11 is 0. The molecular weight excluding hydrogens is 721 g/mol. The van der Waals surface area contributed by atoms with Crippen LogP contribution in [0.4, 0.5) is 0 Å². The summed E-state index contributed by atoms with van der Waals surface area (Å²) in [6.07, 6.45) is 0. The highest BCUT2D eigenvalue weighted by Gasteiger charge is 2.20. The third-order valence-electron chi connectivity index (χ3n) is 13.2. The average molecular weight is 757 g/mol. The van der Waals surface area contributed by atoms with Crippen LogP contribution < -0.4 is 0 Å². The molecule has 0 bridgehead atoms. The zero-order chi connectivity index (χ0) is 39.3. The number of benzene rings is 13. The van der Waals surface area contributed by atoms with Gasteiger partial charge in [0.2, 0.25) is 0 Å². The molecule has 0 heterocycles. The number of fused-ring (bicyclic) bond motifs is 1. The lowest BCUT2D eigenvalue weighted by Crippen LogP contribution is -1.93. The van der Waals surface area contributed by atoms with Crippen molar-refractivity contribution in [3.05, 3.63) is 218 Å². The Balaban J connectivity index is 1.08. The van der Waals surface area contributed by atoms with Gasteiger partial charge in [-0.3, -0.25) is 0 Å². The van der Waals surface area contributed by atoms with Crippen molar-refractivity contribution in [1.82, 2.24) is 0 Å². The maximum absolute atomic E-state index is 2.45. The monoisotopic (exact) mass is 756 g/mol. The van der Waals surface area contributed by atoms with Gasteiger partial charge in [0.1, 0.15) is 0 Å². The molecule has 0 aromatic heterocycles. The molecule has 0 spiro atoms. The van der Waals surface area contributed by atoms with Crippen LogP contribution in [0.25, 0.3) is 131 Å². The molecular formula is C60H36. The normalized spacial score (nSPS) is 12.0. The van der Waals surface area contributed by atoms with Gasteiger partial charge in [-0.05, 0) is 143 Å². The number of rotatable bonds is 5. The van der Waals surface area contributed by atoms with Crippen molar-refractivity contribution in [3.63, 3.8) is 0 Å². The van der Waals surface area contributed by atoms with Gasteiger partial charge in [-0.15, -0.1) is 0 Å². The standard InChI is InChI=1S/C60H36/c1-2-9-38(10-3-1)55-36-46(28-32-52(55)50-30-24-44-22-20-40-14-7-16-42-26-34-54(50)60(44)58(40)42)56-35-45(27-31-51(56)49-18-8-12-37-11-4-5-17-47(37)49)48-29-23-43-21-19-39-13-6-15-41-25-33-53(48)59(43)57(39)41/h1-36H. The maximum Gasteiger partial charge on any atom is -0.00206 e. The Morgan fingerprint density at radius 1 is 0.167 bits per heavy atom. The lowest BCUT2D eigenvalue weighted by Gasteiger charge is -2.20. The molecule has 276 valence electrons. The highest BCUT2D eigenvalue weighted by Crippen LogP contribution is 2.46. The van der Waals surface area contributed by atoms with Gasteiger partial charge >= 0.3 is 0 Å². The second kappa shape index (κ2) is 12.9. The summed E-state index contributed by atoms with van der Waals surface area (Å²) < 4.78 is 0. The van der Waals surface area contributed by atoms with E-state index in [4.69, 9.17) is 0 Å². The minimum absolute atomic E-state index is 1.19. The van der Waals surface area contributed by atoms with Crippen molar-refractivity contribution < 1.29 is 0 Å². The van der Waals surface area contributed by atoms with E-state index >= 15 is 0 Å². The first-order valence-electron chi connectivity index (χ1n) is 20.9. The fourth-order valence-corrected chi connectivity index (χ4v) is 10.4. The SMILES string of the molecule is c1ccc(-c2cc(-c3cc(-c4ccc5ccc6cccc7ccc4c5c67)ccc3-c3cccc4ccccc34)ccc2-c2ccc3ccc4cccc5ccc2c3c45)cc1. The van der Waals surface area contributed by atoms with Gasteiger partial charge in [-0.2, -0.15) is 0 Å². The summed E-state index contributed by atoms with van der Waals surface area (Å²) in [6.45, 7) is 0.